The molecule has 2 aliphatic rings. The van der Waals surface area contributed by atoms with Crippen LogP contribution in [0.15, 0.2) is 30.6 Å². The van der Waals surface area contributed by atoms with Crippen molar-refractivity contribution in [1.82, 2.24) is 14.9 Å². The van der Waals surface area contributed by atoms with Crippen LogP contribution in [0.2, 0.25) is 0 Å². The van der Waals surface area contributed by atoms with Gasteiger partial charge in [-0.3, -0.25) is 14.3 Å². The van der Waals surface area contributed by atoms with Crippen LogP contribution in [0.5, 0.6) is 0 Å². The number of nitrogens with one attached hydrogen (secondary N) is 1. The topological polar surface area (TPSA) is 46.9 Å². The molecule has 0 spiro atoms. The average molecular weight is 323 g/mol. The van der Waals surface area contributed by atoms with Gasteiger partial charge in [-0.15, -0.1) is 0 Å². The van der Waals surface area contributed by atoms with E-state index in [9.17, 15) is 4.79 Å². The van der Waals surface area contributed by atoms with Gasteiger partial charge < -0.3 is 5.32 Å². The average Bonchev–Trinajstić information content (AvgIpc) is 3.03. The summed E-state index contributed by atoms with van der Waals surface area (Å²) < 4.78 is 1.86. The van der Waals surface area contributed by atoms with Crippen LogP contribution in [0.4, 0.5) is 0 Å². The second-order valence-corrected chi connectivity index (χ2v) is 7.07. The summed E-state index contributed by atoms with van der Waals surface area (Å²) in [4.78, 5) is 17.5. The van der Waals surface area contributed by atoms with Gasteiger partial charge in [0.1, 0.15) is 0 Å². The molecule has 4 rings (SSSR count). The number of carbonyl (C=O) groups is 1. The Balaban J connectivity index is 1.67. The van der Waals surface area contributed by atoms with Crippen LogP contribution in [-0.2, 0) is 0 Å². The summed E-state index contributed by atoms with van der Waals surface area (Å²) in [5, 5.41) is 3.35. The van der Waals surface area contributed by atoms with Crippen LogP contribution in [0, 0.1) is 5.92 Å². The molecule has 1 saturated carbocycles. The standard InChI is InChI=1S/C20H25N3O/c24-19(13-15-5-2-1-3-6-15)23-14-17(16-8-11-21-12-9-16)20-18(23)7-4-10-22-20/h4,7-8,10,14-15,21H,1-3,5-6,9,11-13H2. The molecule has 3 heterocycles. The molecule has 1 fully saturated rings. The van der Waals surface area contributed by atoms with Gasteiger partial charge in [0.25, 0.3) is 0 Å². The lowest BCUT2D eigenvalue weighted by molar-refractivity contribution is 0.0873. The highest BCUT2D eigenvalue weighted by atomic mass is 16.2. The minimum absolute atomic E-state index is 0.223. The van der Waals surface area contributed by atoms with E-state index in [1.807, 2.05) is 29.1 Å². The van der Waals surface area contributed by atoms with Crippen molar-refractivity contribution in [3.05, 3.63) is 36.2 Å². The third-order valence-corrected chi connectivity index (χ3v) is 5.43. The number of carbonyl (C=O) groups excluding carboxylic acids is 1. The van der Waals surface area contributed by atoms with E-state index in [2.05, 4.69) is 16.4 Å². The fourth-order valence-electron chi connectivity index (χ4n) is 4.10. The first-order chi connectivity index (χ1) is 11.8. The van der Waals surface area contributed by atoms with Gasteiger partial charge in [0.15, 0.2) is 0 Å². The summed E-state index contributed by atoms with van der Waals surface area (Å²) >= 11 is 0. The number of hydrogen-bond donors (Lipinski definition) is 1. The van der Waals surface area contributed by atoms with Crippen LogP contribution in [0.25, 0.3) is 16.6 Å². The molecule has 0 amide bonds. The number of nitrogens with zero attached hydrogens (tertiary/aromatic N) is 2. The lowest BCUT2D eigenvalue weighted by atomic mass is 9.87. The smallest absolute Gasteiger partial charge is 0.231 e. The molecule has 1 aliphatic carbocycles. The van der Waals surface area contributed by atoms with Crippen molar-refractivity contribution in [2.75, 3.05) is 13.1 Å². The van der Waals surface area contributed by atoms with Gasteiger partial charge in [0.05, 0.1) is 11.0 Å². The largest absolute Gasteiger partial charge is 0.313 e. The van der Waals surface area contributed by atoms with Gasteiger partial charge in [-0.05, 0) is 49.4 Å². The summed E-state index contributed by atoms with van der Waals surface area (Å²) in [6, 6.07) is 3.94. The number of hydrogen-bond acceptors (Lipinski definition) is 3. The van der Waals surface area contributed by atoms with Crippen molar-refractivity contribution in [3.8, 4) is 0 Å². The Kier molecular flexibility index (Phi) is 4.48. The lowest BCUT2D eigenvalue weighted by Gasteiger charge is -2.20. The molecule has 24 heavy (non-hydrogen) atoms. The van der Waals surface area contributed by atoms with Crippen molar-refractivity contribution < 1.29 is 4.79 Å². The first-order valence-corrected chi connectivity index (χ1v) is 9.22. The van der Waals surface area contributed by atoms with Crippen molar-refractivity contribution in [1.29, 1.82) is 0 Å². The zero-order valence-electron chi connectivity index (χ0n) is 14.1. The third-order valence-electron chi connectivity index (χ3n) is 5.43. The summed E-state index contributed by atoms with van der Waals surface area (Å²) in [5.74, 6) is 0.780. The van der Waals surface area contributed by atoms with Crippen molar-refractivity contribution in [3.63, 3.8) is 0 Å². The van der Waals surface area contributed by atoms with Gasteiger partial charge in [-0.1, -0.05) is 25.3 Å². The van der Waals surface area contributed by atoms with E-state index in [0.29, 0.717) is 12.3 Å². The highest BCUT2D eigenvalue weighted by Crippen LogP contribution is 2.31. The third kappa shape index (κ3) is 3.03. The van der Waals surface area contributed by atoms with Crippen molar-refractivity contribution in [2.45, 2.75) is 44.9 Å². The zero-order valence-corrected chi connectivity index (χ0v) is 14.1. The number of aromatic nitrogens is 2. The van der Waals surface area contributed by atoms with Gasteiger partial charge >= 0.3 is 0 Å². The Morgan fingerprint density at radius 3 is 2.96 bits per heavy atom. The molecule has 4 heteroatoms. The van der Waals surface area contributed by atoms with Crippen molar-refractivity contribution >= 4 is 22.5 Å². The number of fused-ring (bicyclic) bond motifs is 1. The van der Waals surface area contributed by atoms with Crippen LogP contribution < -0.4 is 5.32 Å². The zero-order chi connectivity index (χ0) is 16.4. The molecule has 0 bridgehead atoms. The predicted molar refractivity (Wildman–Crippen MR) is 97.0 cm³/mol. The Morgan fingerprint density at radius 1 is 1.29 bits per heavy atom. The van der Waals surface area contributed by atoms with Crippen LogP contribution in [0.1, 0.15) is 55.3 Å². The van der Waals surface area contributed by atoms with E-state index in [1.165, 1.54) is 37.7 Å². The van der Waals surface area contributed by atoms with E-state index in [-0.39, 0.29) is 5.91 Å². The highest BCUT2D eigenvalue weighted by Gasteiger charge is 2.21. The molecule has 0 saturated heterocycles. The molecule has 2 aromatic rings. The van der Waals surface area contributed by atoms with Crippen LogP contribution in [-0.4, -0.2) is 28.5 Å². The fourth-order valence-corrected chi connectivity index (χ4v) is 4.10. The van der Waals surface area contributed by atoms with E-state index in [4.69, 9.17) is 0 Å². The second-order valence-electron chi connectivity index (χ2n) is 7.07. The maximum atomic E-state index is 12.9. The Bertz CT molecular complexity index is 768. The Labute approximate surface area is 143 Å². The van der Waals surface area contributed by atoms with Crippen molar-refractivity contribution in [2.24, 2.45) is 5.92 Å². The van der Waals surface area contributed by atoms with Gasteiger partial charge in [0.2, 0.25) is 5.91 Å². The van der Waals surface area contributed by atoms with E-state index in [0.717, 1.165) is 36.1 Å². The molecular formula is C20H25N3O. The number of rotatable bonds is 3. The van der Waals surface area contributed by atoms with E-state index in [1.54, 1.807) is 0 Å². The molecule has 1 aliphatic heterocycles. The molecule has 2 aromatic heterocycles. The van der Waals surface area contributed by atoms with Crippen LogP contribution in [0.3, 0.4) is 0 Å². The maximum absolute atomic E-state index is 12.9. The SMILES string of the molecule is O=C(CC1CCCCC1)n1cc(C2=CCNCC2)c2ncccc21. The lowest BCUT2D eigenvalue weighted by Crippen LogP contribution is -2.20. The molecular weight excluding hydrogens is 298 g/mol. The molecule has 126 valence electrons. The molecule has 1 N–H and O–H groups in total. The van der Waals surface area contributed by atoms with E-state index >= 15 is 0 Å². The normalized spacial score (nSPS) is 19.4. The van der Waals surface area contributed by atoms with Gasteiger partial charge in [-0.25, -0.2) is 0 Å². The first kappa shape index (κ1) is 15.6. The quantitative estimate of drug-likeness (QED) is 0.928. The number of pyridine rings is 1. The highest BCUT2D eigenvalue weighted by molar-refractivity contribution is 5.97. The Morgan fingerprint density at radius 2 is 2.17 bits per heavy atom. The summed E-state index contributed by atoms with van der Waals surface area (Å²) in [5.41, 5.74) is 4.35. The monoisotopic (exact) mass is 323 g/mol. The second kappa shape index (κ2) is 6.89. The maximum Gasteiger partial charge on any atom is 0.231 e. The fraction of sp³-hybridized carbons (Fsp3) is 0.500. The minimum atomic E-state index is 0.223. The summed E-state index contributed by atoms with van der Waals surface area (Å²) in [7, 11) is 0. The van der Waals surface area contributed by atoms with Gasteiger partial charge in [-0.2, -0.15) is 0 Å². The minimum Gasteiger partial charge on any atom is -0.313 e. The molecule has 0 aromatic carbocycles. The molecule has 0 radical (unpaired) electrons. The Hall–Kier alpha value is -1.94. The summed E-state index contributed by atoms with van der Waals surface area (Å²) in [6.45, 7) is 1.88. The predicted octanol–water partition coefficient (Wildman–Crippen LogP) is 4.02. The molecule has 0 atom stereocenters. The first-order valence-electron chi connectivity index (χ1n) is 9.22. The van der Waals surface area contributed by atoms with Gasteiger partial charge in [0, 0.05) is 30.9 Å². The van der Waals surface area contributed by atoms with Crippen LogP contribution >= 0.6 is 0 Å². The molecule has 0 unspecified atom stereocenters. The summed E-state index contributed by atoms with van der Waals surface area (Å²) in [6.07, 6.45) is 14.0. The van der Waals surface area contributed by atoms with E-state index < -0.39 is 0 Å². The molecule has 4 nitrogen and oxygen atoms in total.